The highest BCUT2D eigenvalue weighted by Gasteiger charge is 2.36. The first-order valence-corrected chi connectivity index (χ1v) is 10.8. The van der Waals surface area contributed by atoms with Gasteiger partial charge in [0.2, 0.25) is 5.88 Å². The molecule has 3 heterocycles. The number of carbonyl (C=O) groups is 1. The molecule has 1 saturated heterocycles. The Morgan fingerprint density at radius 1 is 1.10 bits per heavy atom. The maximum Gasteiger partial charge on any atom is 0.255 e. The minimum atomic E-state index is -0.0280. The first-order valence-electron chi connectivity index (χ1n) is 10.1. The molecular formula is C23H22Cl2N4O2. The van der Waals surface area contributed by atoms with Crippen LogP contribution in [-0.2, 0) is 0 Å². The fraction of sp³-hybridized carbons (Fsp3) is 0.304. The number of aromatic nitrogens is 3. The zero-order valence-electron chi connectivity index (χ0n) is 17.0. The van der Waals surface area contributed by atoms with E-state index >= 15 is 0 Å². The van der Waals surface area contributed by atoms with Crippen molar-refractivity contribution in [3.8, 4) is 5.88 Å². The van der Waals surface area contributed by atoms with Crippen LogP contribution in [0.5, 0.6) is 5.88 Å². The molecule has 6 nitrogen and oxygen atoms in total. The lowest BCUT2D eigenvalue weighted by Gasteiger charge is -2.18. The van der Waals surface area contributed by atoms with E-state index in [0.29, 0.717) is 41.2 Å². The summed E-state index contributed by atoms with van der Waals surface area (Å²) in [6, 6.07) is 13.1. The van der Waals surface area contributed by atoms with Gasteiger partial charge in [-0.05, 0) is 49.1 Å². The molecule has 0 spiro atoms. The highest BCUT2D eigenvalue weighted by atomic mass is 35.5. The molecule has 1 amide bonds. The summed E-state index contributed by atoms with van der Waals surface area (Å²) >= 11 is 12.0. The summed E-state index contributed by atoms with van der Waals surface area (Å²) in [4.78, 5) is 19.2. The zero-order valence-corrected chi connectivity index (χ0v) is 18.6. The van der Waals surface area contributed by atoms with Crippen LogP contribution >= 0.6 is 23.2 Å². The Bertz CT molecular complexity index is 1040. The molecule has 160 valence electrons. The maximum absolute atomic E-state index is 13.1. The largest absolute Gasteiger partial charge is 0.478 e. The van der Waals surface area contributed by atoms with Gasteiger partial charge in [-0.25, -0.2) is 4.98 Å². The van der Waals surface area contributed by atoms with Gasteiger partial charge >= 0.3 is 0 Å². The average molecular weight is 457 g/mol. The minimum Gasteiger partial charge on any atom is -0.478 e. The van der Waals surface area contributed by atoms with E-state index in [0.717, 1.165) is 12.1 Å². The number of pyridine rings is 1. The lowest BCUT2D eigenvalue weighted by Crippen LogP contribution is -2.29. The first-order chi connectivity index (χ1) is 15.0. The topological polar surface area (TPSA) is 68.2 Å². The molecule has 0 unspecified atom stereocenters. The van der Waals surface area contributed by atoms with Gasteiger partial charge in [-0.1, -0.05) is 35.3 Å². The summed E-state index contributed by atoms with van der Waals surface area (Å²) in [6.45, 7) is 3.60. The van der Waals surface area contributed by atoms with Crippen LogP contribution in [0.1, 0.15) is 34.0 Å². The predicted octanol–water partition coefficient (Wildman–Crippen LogP) is 4.81. The molecular weight excluding hydrogens is 435 g/mol. The third kappa shape index (κ3) is 5.32. The molecule has 1 aliphatic heterocycles. The molecule has 4 rings (SSSR count). The number of halogens is 2. The number of amides is 1. The molecule has 31 heavy (non-hydrogen) atoms. The predicted molar refractivity (Wildman–Crippen MR) is 120 cm³/mol. The van der Waals surface area contributed by atoms with Crippen molar-refractivity contribution in [2.24, 2.45) is 5.92 Å². The number of aryl methyl sites for hydroxylation is 1. The Kier molecular flexibility index (Phi) is 6.68. The Labute approximate surface area is 191 Å². The molecule has 0 bridgehead atoms. The SMILES string of the molecule is Cc1cc(C(=O)N2C[C@H](CCOc3ccc(Cl)cn3)[C@@H](c3ccc(Cl)cc3)C2)cnn1. The minimum absolute atomic E-state index is 0.0280. The summed E-state index contributed by atoms with van der Waals surface area (Å²) in [5, 5.41) is 9.14. The second kappa shape index (κ2) is 9.62. The van der Waals surface area contributed by atoms with Gasteiger partial charge < -0.3 is 9.64 Å². The second-order valence-electron chi connectivity index (χ2n) is 7.67. The summed E-state index contributed by atoms with van der Waals surface area (Å²) < 4.78 is 5.81. The van der Waals surface area contributed by atoms with Gasteiger partial charge in [-0.15, -0.1) is 0 Å². The van der Waals surface area contributed by atoms with E-state index in [1.807, 2.05) is 36.1 Å². The Balaban J connectivity index is 1.48. The Hall–Kier alpha value is -2.70. The van der Waals surface area contributed by atoms with Crippen LogP contribution in [-0.4, -0.2) is 45.7 Å². The smallest absolute Gasteiger partial charge is 0.255 e. The number of nitrogens with zero attached hydrogens (tertiary/aromatic N) is 4. The highest BCUT2D eigenvalue weighted by molar-refractivity contribution is 6.30. The van der Waals surface area contributed by atoms with Gasteiger partial charge in [-0.3, -0.25) is 4.79 Å². The molecule has 2 atom stereocenters. The Morgan fingerprint density at radius 3 is 2.58 bits per heavy atom. The lowest BCUT2D eigenvalue weighted by atomic mass is 9.87. The highest BCUT2D eigenvalue weighted by Crippen LogP contribution is 2.36. The summed E-state index contributed by atoms with van der Waals surface area (Å²) in [5.41, 5.74) is 2.45. The second-order valence-corrected chi connectivity index (χ2v) is 8.54. The summed E-state index contributed by atoms with van der Waals surface area (Å²) in [5.74, 6) is 0.948. The van der Waals surface area contributed by atoms with Gasteiger partial charge in [-0.2, -0.15) is 10.2 Å². The standard InChI is InChI=1S/C23H22Cl2N4O2/c1-15-10-18(11-27-28-15)23(30)29-13-17(8-9-31-22-7-6-20(25)12-26-22)21(14-29)16-2-4-19(24)5-3-16/h2-7,10-12,17,21H,8-9,13-14H2,1H3/t17-,21+/m0/s1. The molecule has 0 radical (unpaired) electrons. The molecule has 0 N–H and O–H groups in total. The van der Waals surface area contributed by atoms with Crippen molar-refractivity contribution in [1.82, 2.24) is 20.1 Å². The van der Waals surface area contributed by atoms with Gasteiger partial charge in [0.05, 0.1) is 29.1 Å². The van der Waals surface area contributed by atoms with E-state index < -0.39 is 0 Å². The van der Waals surface area contributed by atoms with Gasteiger partial charge in [0.15, 0.2) is 0 Å². The van der Waals surface area contributed by atoms with Crippen LogP contribution < -0.4 is 4.74 Å². The van der Waals surface area contributed by atoms with Crippen LogP contribution in [0.3, 0.4) is 0 Å². The molecule has 0 aliphatic carbocycles. The fourth-order valence-electron chi connectivity index (χ4n) is 3.95. The monoisotopic (exact) mass is 456 g/mol. The lowest BCUT2D eigenvalue weighted by molar-refractivity contribution is 0.0783. The van der Waals surface area contributed by atoms with E-state index in [2.05, 4.69) is 15.2 Å². The number of carbonyl (C=O) groups excluding carboxylic acids is 1. The number of benzene rings is 1. The third-order valence-electron chi connectivity index (χ3n) is 5.49. The molecule has 3 aromatic rings. The van der Waals surface area contributed by atoms with Crippen LogP contribution in [0.4, 0.5) is 0 Å². The number of hydrogen-bond donors (Lipinski definition) is 0. The molecule has 2 aromatic heterocycles. The average Bonchev–Trinajstić information content (AvgIpc) is 3.19. The summed E-state index contributed by atoms with van der Waals surface area (Å²) in [6.07, 6.45) is 3.87. The van der Waals surface area contributed by atoms with Gasteiger partial charge in [0, 0.05) is 36.3 Å². The van der Waals surface area contributed by atoms with Crippen molar-refractivity contribution >= 4 is 29.1 Å². The van der Waals surface area contributed by atoms with Gasteiger partial charge in [0.25, 0.3) is 5.91 Å². The van der Waals surface area contributed by atoms with Gasteiger partial charge in [0.1, 0.15) is 0 Å². The van der Waals surface area contributed by atoms with Crippen molar-refractivity contribution in [3.63, 3.8) is 0 Å². The third-order valence-corrected chi connectivity index (χ3v) is 5.96. The number of likely N-dealkylation sites (tertiary alicyclic amines) is 1. The fourth-order valence-corrected chi connectivity index (χ4v) is 4.19. The van der Waals surface area contributed by atoms with Crippen LogP contribution in [0.25, 0.3) is 0 Å². The van der Waals surface area contributed by atoms with Crippen molar-refractivity contribution < 1.29 is 9.53 Å². The normalized spacial score (nSPS) is 18.2. The van der Waals surface area contributed by atoms with Crippen molar-refractivity contribution in [2.45, 2.75) is 19.3 Å². The molecule has 8 heteroatoms. The van der Waals surface area contributed by atoms with E-state index in [1.165, 1.54) is 11.8 Å². The van der Waals surface area contributed by atoms with Crippen molar-refractivity contribution in [1.29, 1.82) is 0 Å². The summed E-state index contributed by atoms with van der Waals surface area (Å²) in [7, 11) is 0. The quantitative estimate of drug-likeness (QED) is 0.532. The zero-order chi connectivity index (χ0) is 21.8. The maximum atomic E-state index is 13.1. The van der Waals surface area contributed by atoms with E-state index in [4.69, 9.17) is 27.9 Å². The van der Waals surface area contributed by atoms with E-state index in [9.17, 15) is 4.79 Å². The number of hydrogen-bond acceptors (Lipinski definition) is 5. The molecule has 1 fully saturated rings. The Morgan fingerprint density at radius 2 is 1.87 bits per heavy atom. The first kappa shape index (κ1) is 21.5. The number of rotatable bonds is 6. The molecule has 1 aliphatic rings. The van der Waals surface area contributed by atoms with E-state index in [-0.39, 0.29) is 17.7 Å². The van der Waals surface area contributed by atoms with Crippen LogP contribution in [0, 0.1) is 12.8 Å². The van der Waals surface area contributed by atoms with Crippen molar-refractivity contribution in [2.75, 3.05) is 19.7 Å². The molecule has 0 saturated carbocycles. The van der Waals surface area contributed by atoms with Crippen LogP contribution in [0.15, 0.2) is 54.9 Å². The van der Waals surface area contributed by atoms with E-state index in [1.54, 1.807) is 24.4 Å². The van der Waals surface area contributed by atoms with Crippen LogP contribution in [0.2, 0.25) is 10.0 Å². The molecule has 1 aromatic carbocycles. The van der Waals surface area contributed by atoms with Crippen molar-refractivity contribution in [3.05, 3.63) is 81.7 Å². The number of ether oxygens (including phenoxy) is 1.